The van der Waals surface area contributed by atoms with E-state index >= 15 is 0 Å². The van der Waals surface area contributed by atoms with Crippen LogP contribution in [0.2, 0.25) is 0 Å². The standard InChI is InChI=1S/C13H21NO/c1-4-5-11(2)8-12-6-7-13(10-15-3)14-9-12/h6-7,9,11H,4-5,8,10H2,1-3H3. The number of methoxy groups -OCH3 is 1. The summed E-state index contributed by atoms with van der Waals surface area (Å²) in [4.78, 5) is 4.36. The summed E-state index contributed by atoms with van der Waals surface area (Å²) in [5.74, 6) is 0.755. The highest BCUT2D eigenvalue weighted by molar-refractivity contribution is 5.14. The van der Waals surface area contributed by atoms with Gasteiger partial charge in [-0.25, -0.2) is 0 Å². The van der Waals surface area contributed by atoms with Crippen molar-refractivity contribution in [2.75, 3.05) is 7.11 Å². The number of rotatable bonds is 6. The number of hydrogen-bond donors (Lipinski definition) is 0. The van der Waals surface area contributed by atoms with Crippen LogP contribution in [0, 0.1) is 5.92 Å². The van der Waals surface area contributed by atoms with Gasteiger partial charge in [0.2, 0.25) is 0 Å². The van der Waals surface area contributed by atoms with Crippen molar-refractivity contribution in [2.45, 2.75) is 39.7 Å². The van der Waals surface area contributed by atoms with Crippen LogP contribution in [0.4, 0.5) is 0 Å². The van der Waals surface area contributed by atoms with E-state index in [4.69, 9.17) is 4.74 Å². The summed E-state index contributed by atoms with van der Waals surface area (Å²) in [6.07, 6.45) is 5.66. The maximum atomic E-state index is 5.02. The van der Waals surface area contributed by atoms with E-state index in [9.17, 15) is 0 Å². The Morgan fingerprint density at radius 2 is 2.20 bits per heavy atom. The zero-order valence-electron chi connectivity index (χ0n) is 9.99. The van der Waals surface area contributed by atoms with Gasteiger partial charge in [-0.15, -0.1) is 0 Å². The van der Waals surface area contributed by atoms with E-state index in [-0.39, 0.29) is 0 Å². The van der Waals surface area contributed by atoms with Crippen LogP contribution in [-0.2, 0) is 17.8 Å². The van der Waals surface area contributed by atoms with Gasteiger partial charge in [0.05, 0.1) is 12.3 Å². The van der Waals surface area contributed by atoms with E-state index in [1.165, 1.54) is 18.4 Å². The SMILES string of the molecule is CCCC(C)Cc1ccc(COC)nc1. The smallest absolute Gasteiger partial charge is 0.0884 e. The van der Waals surface area contributed by atoms with E-state index in [1.807, 2.05) is 6.20 Å². The van der Waals surface area contributed by atoms with Crippen LogP contribution in [0.15, 0.2) is 18.3 Å². The molecule has 2 nitrogen and oxygen atoms in total. The minimum Gasteiger partial charge on any atom is -0.378 e. The zero-order chi connectivity index (χ0) is 11.1. The number of ether oxygens (including phenoxy) is 1. The third-order valence-corrected chi connectivity index (χ3v) is 2.54. The highest BCUT2D eigenvalue weighted by Gasteiger charge is 2.03. The highest BCUT2D eigenvalue weighted by Crippen LogP contribution is 2.13. The average molecular weight is 207 g/mol. The van der Waals surface area contributed by atoms with Gasteiger partial charge in [0.25, 0.3) is 0 Å². The molecule has 1 unspecified atom stereocenters. The summed E-state index contributed by atoms with van der Waals surface area (Å²) in [6.45, 7) is 5.13. The molecule has 0 aliphatic carbocycles. The molecule has 0 saturated carbocycles. The van der Waals surface area contributed by atoms with Gasteiger partial charge in [0.1, 0.15) is 0 Å². The van der Waals surface area contributed by atoms with Crippen molar-refractivity contribution in [3.05, 3.63) is 29.6 Å². The van der Waals surface area contributed by atoms with E-state index in [0.29, 0.717) is 6.61 Å². The molecule has 0 amide bonds. The lowest BCUT2D eigenvalue weighted by molar-refractivity contribution is 0.181. The Bertz CT molecular complexity index is 268. The van der Waals surface area contributed by atoms with Crippen LogP contribution in [-0.4, -0.2) is 12.1 Å². The first kappa shape index (κ1) is 12.2. The summed E-state index contributed by atoms with van der Waals surface area (Å²) in [7, 11) is 1.69. The lowest BCUT2D eigenvalue weighted by Crippen LogP contribution is -2.00. The summed E-state index contributed by atoms with van der Waals surface area (Å²) < 4.78 is 5.02. The van der Waals surface area contributed by atoms with Gasteiger partial charge >= 0.3 is 0 Å². The number of pyridine rings is 1. The molecule has 0 fully saturated rings. The Morgan fingerprint density at radius 1 is 1.40 bits per heavy atom. The molecule has 1 heterocycles. The molecule has 1 aromatic heterocycles. The van der Waals surface area contributed by atoms with E-state index in [0.717, 1.165) is 18.0 Å². The van der Waals surface area contributed by atoms with Crippen LogP contribution in [0.5, 0.6) is 0 Å². The molecule has 1 rings (SSSR count). The van der Waals surface area contributed by atoms with Gasteiger partial charge in [-0.3, -0.25) is 4.98 Å². The fraction of sp³-hybridized carbons (Fsp3) is 0.615. The van der Waals surface area contributed by atoms with E-state index in [2.05, 4.69) is 31.0 Å². The first-order chi connectivity index (χ1) is 7.26. The normalized spacial score (nSPS) is 12.7. The molecule has 0 bridgehead atoms. The third-order valence-electron chi connectivity index (χ3n) is 2.54. The number of nitrogens with zero attached hydrogens (tertiary/aromatic N) is 1. The molecule has 84 valence electrons. The van der Waals surface area contributed by atoms with Crippen molar-refractivity contribution in [3.8, 4) is 0 Å². The van der Waals surface area contributed by atoms with Crippen molar-refractivity contribution in [1.82, 2.24) is 4.98 Å². The van der Waals surface area contributed by atoms with Crippen LogP contribution >= 0.6 is 0 Å². The molecule has 0 aliphatic rings. The van der Waals surface area contributed by atoms with Gasteiger partial charge in [-0.1, -0.05) is 32.8 Å². The first-order valence-corrected chi connectivity index (χ1v) is 5.69. The molecule has 0 N–H and O–H groups in total. The molecule has 1 atom stereocenters. The first-order valence-electron chi connectivity index (χ1n) is 5.69. The maximum Gasteiger partial charge on any atom is 0.0884 e. The Morgan fingerprint density at radius 3 is 2.73 bits per heavy atom. The van der Waals surface area contributed by atoms with Gasteiger partial charge < -0.3 is 4.74 Å². The fourth-order valence-electron chi connectivity index (χ4n) is 1.81. The summed E-state index contributed by atoms with van der Waals surface area (Å²) >= 11 is 0. The second kappa shape index (κ2) is 6.57. The van der Waals surface area contributed by atoms with Crippen LogP contribution in [0.1, 0.15) is 37.9 Å². The highest BCUT2D eigenvalue weighted by atomic mass is 16.5. The lowest BCUT2D eigenvalue weighted by Gasteiger charge is -2.09. The molecule has 0 spiro atoms. The number of hydrogen-bond acceptors (Lipinski definition) is 2. The Hall–Kier alpha value is -0.890. The minimum absolute atomic E-state index is 0.602. The second-order valence-electron chi connectivity index (χ2n) is 4.19. The van der Waals surface area contributed by atoms with Crippen LogP contribution in [0.25, 0.3) is 0 Å². The molecule has 0 saturated heterocycles. The molecule has 1 aromatic rings. The summed E-state index contributed by atoms with van der Waals surface area (Å²) in [5, 5.41) is 0. The minimum atomic E-state index is 0.602. The zero-order valence-corrected chi connectivity index (χ0v) is 9.99. The van der Waals surface area contributed by atoms with Crippen molar-refractivity contribution in [2.24, 2.45) is 5.92 Å². The molecule has 15 heavy (non-hydrogen) atoms. The van der Waals surface area contributed by atoms with Gasteiger partial charge in [-0.2, -0.15) is 0 Å². The van der Waals surface area contributed by atoms with Crippen molar-refractivity contribution >= 4 is 0 Å². The van der Waals surface area contributed by atoms with E-state index < -0.39 is 0 Å². The molecule has 0 aliphatic heterocycles. The quantitative estimate of drug-likeness (QED) is 0.714. The predicted molar refractivity (Wildman–Crippen MR) is 62.7 cm³/mol. The topological polar surface area (TPSA) is 22.1 Å². The molecular formula is C13H21NO. The van der Waals surface area contributed by atoms with Crippen molar-refractivity contribution < 1.29 is 4.74 Å². The largest absolute Gasteiger partial charge is 0.378 e. The van der Waals surface area contributed by atoms with Crippen molar-refractivity contribution in [1.29, 1.82) is 0 Å². The van der Waals surface area contributed by atoms with Gasteiger partial charge in [0, 0.05) is 13.3 Å². The molecule has 2 heteroatoms. The molecular weight excluding hydrogens is 186 g/mol. The molecule has 0 aromatic carbocycles. The van der Waals surface area contributed by atoms with E-state index in [1.54, 1.807) is 7.11 Å². The van der Waals surface area contributed by atoms with Gasteiger partial charge in [0.15, 0.2) is 0 Å². The average Bonchev–Trinajstić information content (AvgIpc) is 2.22. The Labute approximate surface area is 92.7 Å². The summed E-state index contributed by atoms with van der Waals surface area (Å²) in [6, 6.07) is 4.21. The van der Waals surface area contributed by atoms with Crippen LogP contribution in [0.3, 0.4) is 0 Å². The second-order valence-corrected chi connectivity index (χ2v) is 4.19. The molecule has 0 radical (unpaired) electrons. The van der Waals surface area contributed by atoms with Gasteiger partial charge in [-0.05, 0) is 24.0 Å². The maximum absolute atomic E-state index is 5.02. The lowest BCUT2D eigenvalue weighted by atomic mass is 9.98. The Balaban J connectivity index is 2.48. The number of aromatic nitrogens is 1. The van der Waals surface area contributed by atoms with Crippen molar-refractivity contribution in [3.63, 3.8) is 0 Å². The predicted octanol–water partition coefficient (Wildman–Crippen LogP) is 3.21. The van der Waals surface area contributed by atoms with Crippen LogP contribution < -0.4 is 0 Å². The monoisotopic (exact) mass is 207 g/mol. The Kier molecular flexibility index (Phi) is 5.33. The summed E-state index contributed by atoms with van der Waals surface area (Å²) in [5.41, 5.74) is 2.33. The fourth-order valence-corrected chi connectivity index (χ4v) is 1.81. The third kappa shape index (κ3) is 4.43.